The van der Waals surface area contributed by atoms with Gasteiger partial charge in [-0.3, -0.25) is 4.79 Å². The number of benzene rings is 5. The number of aliphatic imine (C=N–C) groups is 1. The molecule has 0 aromatic heterocycles. The Morgan fingerprint density at radius 3 is 2.23 bits per heavy atom. The third kappa shape index (κ3) is 7.46. The van der Waals surface area contributed by atoms with Crippen LogP contribution in [0.5, 0.6) is 11.5 Å². The summed E-state index contributed by atoms with van der Waals surface area (Å²) in [7, 11) is 1.62. The van der Waals surface area contributed by atoms with Gasteiger partial charge in [0.05, 0.1) is 13.7 Å². The fourth-order valence-corrected chi connectivity index (χ4v) is 6.12. The second-order valence-electron chi connectivity index (χ2n) is 11.6. The molecule has 1 aliphatic rings. The number of nitrogens with zero attached hydrogens (tertiary/aromatic N) is 1. The van der Waals surface area contributed by atoms with Gasteiger partial charge in [-0.25, -0.2) is 4.99 Å². The van der Waals surface area contributed by atoms with Crippen LogP contribution >= 0.6 is 15.9 Å². The maximum Gasteiger partial charge on any atom is 0.252 e. The summed E-state index contributed by atoms with van der Waals surface area (Å²) in [5, 5.41) is 12.3. The zero-order chi connectivity index (χ0) is 33.3. The molecule has 7 nitrogen and oxygen atoms in total. The van der Waals surface area contributed by atoms with E-state index in [1.807, 2.05) is 103 Å². The highest BCUT2D eigenvalue weighted by Gasteiger charge is 2.53. The summed E-state index contributed by atoms with van der Waals surface area (Å²) in [5.41, 5.74) is 4.19. The van der Waals surface area contributed by atoms with E-state index in [0.29, 0.717) is 36.8 Å². The Labute approximate surface area is 289 Å². The zero-order valence-corrected chi connectivity index (χ0v) is 28.2. The molecule has 1 aliphatic heterocycles. The van der Waals surface area contributed by atoms with Gasteiger partial charge in [-0.05, 0) is 64.7 Å². The van der Waals surface area contributed by atoms with E-state index in [0.717, 1.165) is 37.9 Å². The Hall–Kier alpha value is -4.92. The highest BCUT2D eigenvalue weighted by Crippen LogP contribution is 2.43. The lowest BCUT2D eigenvalue weighted by molar-refractivity contribution is -0.129. The molecule has 0 aliphatic carbocycles. The Morgan fingerprint density at radius 2 is 1.52 bits per heavy atom. The van der Waals surface area contributed by atoms with Crippen LogP contribution in [0.2, 0.25) is 0 Å². The zero-order valence-electron chi connectivity index (χ0n) is 26.6. The third-order valence-corrected chi connectivity index (χ3v) is 8.90. The number of hydrogen-bond acceptors (Lipinski definition) is 6. The molecule has 5 aromatic carbocycles. The molecule has 1 amide bonds. The minimum absolute atomic E-state index is 0.0655. The van der Waals surface area contributed by atoms with Gasteiger partial charge in [-0.1, -0.05) is 101 Å². The van der Waals surface area contributed by atoms with Crippen LogP contribution in [0.4, 0.5) is 0 Å². The molecular weight excluding hydrogens is 668 g/mol. The predicted molar refractivity (Wildman–Crippen MR) is 191 cm³/mol. The van der Waals surface area contributed by atoms with Crippen molar-refractivity contribution in [2.24, 2.45) is 4.99 Å². The molecule has 0 bridgehead atoms. The second kappa shape index (κ2) is 15.3. The lowest BCUT2D eigenvalue weighted by Crippen LogP contribution is -2.49. The molecule has 8 heteroatoms. The van der Waals surface area contributed by atoms with Crippen LogP contribution in [0.1, 0.15) is 34.8 Å². The van der Waals surface area contributed by atoms with E-state index < -0.39 is 11.6 Å². The van der Waals surface area contributed by atoms with Crippen molar-refractivity contribution in [2.45, 2.75) is 31.0 Å². The molecule has 48 heavy (non-hydrogen) atoms. The van der Waals surface area contributed by atoms with E-state index in [-0.39, 0.29) is 19.1 Å². The topological polar surface area (TPSA) is 89.4 Å². The summed E-state index contributed by atoms with van der Waals surface area (Å²) in [5.74, 6) is 1.49. The van der Waals surface area contributed by atoms with Gasteiger partial charge in [0.25, 0.3) is 5.91 Å². The summed E-state index contributed by atoms with van der Waals surface area (Å²) < 4.78 is 19.0. The summed E-state index contributed by atoms with van der Waals surface area (Å²) >= 11 is 3.54. The van der Waals surface area contributed by atoms with Crippen LogP contribution in [0, 0.1) is 0 Å². The van der Waals surface area contributed by atoms with Crippen molar-refractivity contribution >= 4 is 27.7 Å². The number of rotatable bonds is 13. The first-order chi connectivity index (χ1) is 23.5. The van der Waals surface area contributed by atoms with Crippen molar-refractivity contribution in [3.8, 4) is 22.6 Å². The molecule has 0 spiro atoms. The fourth-order valence-electron chi connectivity index (χ4n) is 5.85. The Balaban J connectivity index is 1.41. The quantitative estimate of drug-likeness (QED) is 0.123. The summed E-state index contributed by atoms with van der Waals surface area (Å²) in [6.45, 7) is 0.738. The lowest BCUT2D eigenvalue weighted by Gasteiger charge is -2.31. The van der Waals surface area contributed by atoms with Crippen LogP contribution in [0.25, 0.3) is 11.1 Å². The van der Waals surface area contributed by atoms with Gasteiger partial charge in [0.15, 0.2) is 11.6 Å². The third-order valence-electron chi connectivity index (χ3n) is 8.37. The maximum atomic E-state index is 14.7. The van der Waals surface area contributed by atoms with Gasteiger partial charge in [0.1, 0.15) is 11.5 Å². The van der Waals surface area contributed by atoms with E-state index >= 15 is 0 Å². The van der Waals surface area contributed by atoms with E-state index in [1.165, 1.54) is 0 Å². The second-order valence-corrected chi connectivity index (χ2v) is 12.5. The number of carbonyl (C=O) groups excluding carboxylic acids is 1. The molecular formula is C40H37BrN2O5. The molecule has 0 unspecified atom stereocenters. The van der Waals surface area contributed by atoms with Crippen LogP contribution in [-0.2, 0) is 22.5 Å². The molecule has 0 radical (unpaired) electrons. The average Bonchev–Trinajstić information content (AvgIpc) is 3.52. The minimum atomic E-state index is -1.34. The van der Waals surface area contributed by atoms with Crippen molar-refractivity contribution in [1.29, 1.82) is 0 Å². The number of carbonyl (C=O) groups is 1. The first kappa shape index (κ1) is 33.0. The predicted octanol–water partition coefficient (Wildman–Crippen LogP) is 7.70. The van der Waals surface area contributed by atoms with Crippen LogP contribution in [0.3, 0.4) is 0 Å². The Morgan fingerprint density at radius 1 is 0.854 bits per heavy atom. The largest absolute Gasteiger partial charge is 0.496 e. The van der Waals surface area contributed by atoms with Gasteiger partial charge in [-0.15, -0.1) is 0 Å². The van der Waals surface area contributed by atoms with Crippen LogP contribution in [0.15, 0.2) is 137 Å². The number of amides is 1. The molecule has 2 atom stereocenters. The van der Waals surface area contributed by atoms with Gasteiger partial charge >= 0.3 is 0 Å². The number of hydrogen-bond donors (Lipinski definition) is 2. The highest BCUT2D eigenvalue weighted by molar-refractivity contribution is 9.10. The van der Waals surface area contributed by atoms with Crippen molar-refractivity contribution in [1.82, 2.24) is 5.32 Å². The summed E-state index contributed by atoms with van der Waals surface area (Å²) in [6.07, 6.45) is 0.124. The Bertz CT molecular complexity index is 1840. The van der Waals surface area contributed by atoms with E-state index in [4.69, 9.17) is 24.3 Å². The van der Waals surface area contributed by atoms with Gasteiger partial charge in [0.2, 0.25) is 5.90 Å². The number of methoxy groups -OCH3 is 1. The number of aliphatic hydroxyl groups excluding tert-OH is 1. The summed E-state index contributed by atoms with van der Waals surface area (Å²) in [4.78, 5) is 19.8. The molecule has 0 saturated carbocycles. The van der Waals surface area contributed by atoms with Crippen molar-refractivity contribution in [2.75, 3.05) is 20.3 Å². The molecule has 5 aromatic rings. The molecule has 1 heterocycles. The number of aliphatic hydroxyl groups is 1. The van der Waals surface area contributed by atoms with Gasteiger partial charge in [-0.2, -0.15) is 0 Å². The number of nitrogens with one attached hydrogen (secondary N) is 1. The molecule has 2 N–H and O–H groups in total. The van der Waals surface area contributed by atoms with E-state index in [2.05, 4.69) is 45.5 Å². The van der Waals surface area contributed by atoms with Crippen molar-refractivity contribution < 1.29 is 24.1 Å². The normalized spacial score (nSPS) is 16.9. The number of halogens is 1. The monoisotopic (exact) mass is 704 g/mol. The highest BCUT2D eigenvalue weighted by atomic mass is 79.9. The van der Waals surface area contributed by atoms with Crippen LogP contribution in [-0.4, -0.2) is 42.8 Å². The maximum absolute atomic E-state index is 14.7. The first-order valence-corrected chi connectivity index (χ1v) is 16.7. The Kier molecular flexibility index (Phi) is 10.5. The van der Waals surface area contributed by atoms with Crippen LogP contribution < -0.4 is 14.8 Å². The van der Waals surface area contributed by atoms with Gasteiger partial charge in [0, 0.05) is 41.6 Å². The molecule has 0 fully saturated rings. The standard InChI is InChI=1S/C40H37BrN2O5/c1-46-36-11-6-5-10-33(36)27-42-39(45)40(26-28-12-20-34(41)21-13-28)37(31-16-14-30(15-17-31)29-8-3-2-4-9-29)48-38(43-40)32-18-22-35(23-19-32)47-25-7-24-44/h2-6,8-23,37,44H,7,24-27H2,1H3,(H,42,45)/t37-,40-/m1/s1. The smallest absolute Gasteiger partial charge is 0.252 e. The fraction of sp³-hybridized carbons (Fsp3) is 0.200. The minimum Gasteiger partial charge on any atom is -0.496 e. The lowest BCUT2D eigenvalue weighted by atomic mass is 9.81. The first-order valence-electron chi connectivity index (χ1n) is 15.9. The SMILES string of the molecule is COc1ccccc1CNC(=O)[C@]1(Cc2ccc(Br)cc2)N=C(c2ccc(OCCCO)cc2)O[C@@H]1c1ccc(-c2ccccc2)cc1. The molecule has 244 valence electrons. The molecule has 0 saturated heterocycles. The summed E-state index contributed by atoms with van der Waals surface area (Å²) in [6, 6.07) is 41.4. The average molecular weight is 706 g/mol. The number of ether oxygens (including phenoxy) is 3. The number of para-hydroxylation sites is 1. The van der Waals surface area contributed by atoms with Gasteiger partial charge < -0.3 is 24.6 Å². The van der Waals surface area contributed by atoms with E-state index in [1.54, 1.807) is 7.11 Å². The van der Waals surface area contributed by atoms with E-state index in [9.17, 15) is 4.79 Å². The molecule has 6 rings (SSSR count). The van der Waals surface area contributed by atoms with Crippen molar-refractivity contribution in [3.63, 3.8) is 0 Å². The van der Waals surface area contributed by atoms with Crippen molar-refractivity contribution in [3.05, 3.63) is 154 Å².